The van der Waals surface area contributed by atoms with Gasteiger partial charge in [-0.1, -0.05) is 19.3 Å². The molecule has 2 atom stereocenters. The van der Waals surface area contributed by atoms with Crippen molar-refractivity contribution < 1.29 is 0 Å². The lowest BCUT2D eigenvalue weighted by Gasteiger charge is -2.32. The summed E-state index contributed by atoms with van der Waals surface area (Å²) in [6, 6.07) is 1.70. The molecule has 92 valence electrons. The maximum absolute atomic E-state index is 3.82. The van der Waals surface area contributed by atoms with Gasteiger partial charge in [-0.25, -0.2) is 0 Å². The minimum Gasteiger partial charge on any atom is -0.312 e. The van der Waals surface area contributed by atoms with E-state index in [4.69, 9.17) is 0 Å². The first-order valence-electron chi connectivity index (χ1n) is 7.41. The van der Waals surface area contributed by atoms with Gasteiger partial charge >= 0.3 is 0 Å². The summed E-state index contributed by atoms with van der Waals surface area (Å²) in [5.74, 6) is 1.11. The monoisotopic (exact) mass is 222 g/mol. The molecular formula is C14H26N2. The summed E-state index contributed by atoms with van der Waals surface area (Å²) in [5.41, 5.74) is 0. The van der Waals surface area contributed by atoms with Crippen LogP contribution in [0.2, 0.25) is 0 Å². The maximum atomic E-state index is 3.82. The highest BCUT2D eigenvalue weighted by atomic mass is 15.2. The minimum atomic E-state index is 0.819. The van der Waals surface area contributed by atoms with E-state index >= 15 is 0 Å². The molecular weight excluding hydrogens is 196 g/mol. The highest BCUT2D eigenvalue weighted by molar-refractivity contribution is 4.93. The van der Waals surface area contributed by atoms with Gasteiger partial charge in [0.25, 0.3) is 0 Å². The summed E-state index contributed by atoms with van der Waals surface area (Å²) in [5, 5.41) is 3.82. The normalized spacial score (nSPS) is 35.2. The van der Waals surface area contributed by atoms with Crippen LogP contribution in [0.1, 0.15) is 51.4 Å². The Morgan fingerprint density at radius 2 is 1.94 bits per heavy atom. The van der Waals surface area contributed by atoms with Crippen molar-refractivity contribution in [1.82, 2.24) is 10.2 Å². The van der Waals surface area contributed by atoms with Gasteiger partial charge in [0.15, 0.2) is 0 Å². The molecule has 3 aliphatic rings. The number of rotatable bonds is 5. The van der Waals surface area contributed by atoms with E-state index in [1.807, 2.05) is 0 Å². The van der Waals surface area contributed by atoms with E-state index < -0.39 is 0 Å². The number of nitrogens with one attached hydrogen (secondary N) is 1. The van der Waals surface area contributed by atoms with Crippen LogP contribution < -0.4 is 5.32 Å². The second-order valence-electron chi connectivity index (χ2n) is 6.03. The molecule has 0 aromatic rings. The van der Waals surface area contributed by atoms with Crippen LogP contribution in [0, 0.1) is 5.92 Å². The molecule has 0 amide bonds. The summed E-state index contributed by atoms with van der Waals surface area (Å²) in [6.07, 6.45) is 11.7. The van der Waals surface area contributed by atoms with Gasteiger partial charge in [0, 0.05) is 18.6 Å². The Bertz CT molecular complexity index is 225. The summed E-state index contributed by atoms with van der Waals surface area (Å²) in [4.78, 5) is 2.72. The molecule has 0 aromatic carbocycles. The van der Waals surface area contributed by atoms with Gasteiger partial charge in [0.2, 0.25) is 0 Å². The number of nitrogens with zero attached hydrogens (tertiary/aromatic N) is 1. The van der Waals surface area contributed by atoms with E-state index in [0.29, 0.717) is 0 Å². The Hall–Kier alpha value is -0.0800. The minimum absolute atomic E-state index is 0.819. The van der Waals surface area contributed by atoms with Gasteiger partial charge in [-0.15, -0.1) is 0 Å². The third kappa shape index (κ3) is 2.60. The number of hydrogen-bond donors (Lipinski definition) is 1. The topological polar surface area (TPSA) is 15.3 Å². The number of piperidine rings is 1. The molecule has 0 bridgehead atoms. The van der Waals surface area contributed by atoms with Crippen molar-refractivity contribution in [2.45, 2.75) is 63.5 Å². The molecule has 2 heteroatoms. The molecule has 0 spiro atoms. The lowest BCUT2D eigenvalue weighted by atomic mass is 9.99. The molecule has 3 fully saturated rings. The van der Waals surface area contributed by atoms with Crippen LogP contribution in [-0.4, -0.2) is 36.6 Å². The fourth-order valence-electron chi connectivity index (χ4n) is 3.57. The van der Waals surface area contributed by atoms with E-state index in [1.54, 1.807) is 0 Å². The molecule has 16 heavy (non-hydrogen) atoms. The Morgan fingerprint density at radius 3 is 2.81 bits per heavy atom. The third-order valence-corrected chi connectivity index (χ3v) is 4.75. The fourth-order valence-corrected chi connectivity index (χ4v) is 3.57. The zero-order valence-corrected chi connectivity index (χ0v) is 10.5. The van der Waals surface area contributed by atoms with Gasteiger partial charge in [0.1, 0.15) is 0 Å². The van der Waals surface area contributed by atoms with Crippen LogP contribution in [0.3, 0.4) is 0 Å². The maximum Gasteiger partial charge on any atom is 0.0249 e. The average molecular weight is 222 g/mol. The first-order chi connectivity index (χ1) is 7.93. The highest BCUT2D eigenvalue weighted by Crippen LogP contribution is 2.33. The van der Waals surface area contributed by atoms with E-state index in [-0.39, 0.29) is 0 Å². The van der Waals surface area contributed by atoms with Crippen LogP contribution in [0.15, 0.2) is 0 Å². The van der Waals surface area contributed by atoms with Crippen LogP contribution in [-0.2, 0) is 0 Å². The third-order valence-electron chi connectivity index (χ3n) is 4.75. The van der Waals surface area contributed by atoms with Crippen molar-refractivity contribution in [1.29, 1.82) is 0 Å². The van der Waals surface area contributed by atoms with Crippen molar-refractivity contribution in [2.75, 3.05) is 19.6 Å². The Balaban J connectivity index is 1.37. The number of hydrogen-bond acceptors (Lipinski definition) is 2. The van der Waals surface area contributed by atoms with E-state index in [2.05, 4.69) is 10.2 Å². The zero-order valence-electron chi connectivity index (χ0n) is 10.5. The molecule has 3 rings (SSSR count). The van der Waals surface area contributed by atoms with Crippen molar-refractivity contribution >= 4 is 0 Å². The van der Waals surface area contributed by atoms with Crippen LogP contribution in [0.25, 0.3) is 0 Å². The predicted molar refractivity (Wildman–Crippen MR) is 67.6 cm³/mol. The molecule has 2 aliphatic heterocycles. The first kappa shape index (κ1) is 11.0. The largest absolute Gasteiger partial charge is 0.312 e. The molecule has 2 unspecified atom stereocenters. The number of fused-ring (bicyclic) bond motifs is 1. The van der Waals surface area contributed by atoms with Crippen LogP contribution >= 0.6 is 0 Å². The summed E-state index contributed by atoms with van der Waals surface area (Å²) >= 11 is 0. The molecule has 1 aliphatic carbocycles. The van der Waals surface area contributed by atoms with Crippen LogP contribution in [0.5, 0.6) is 0 Å². The van der Waals surface area contributed by atoms with Gasteiger partial charge in [-0.3, -0.25) is 4.90 Å². The quantitative estimate of drug-likeness (QED) is 0.719. The van der Waals surface area contributed by atoms with Gasteiger partial charge < -0.3 is 5.32 Å². The van der Waals surface area contributed by atoms with Crippen molar-refractivity contribution in [3.63, 3.8) is 0 Å². The molecule has 2 heterocycles. The predicted octanol–water partition coefficient (Wildman–Crippen LogP) is 2.39. The van der Waals surface area contributed by atoms with Crippen LogP contribution in [0.4, 0.5) is 0 Å². The molecule has 0 radical (unpaired) electrons. The van der Waals surface area contributed by atoms with Gasteiger partial charge in [-0.05, 0) is 51.1 Å². The van der Waals surface area contributed by atoms with Gasteiger partial charge in [-0.2, -0.15) is 0 Å². The molecule has 0 aromatic heterocycles. The SMILES string of the molecule is C(CNC1CCN2CCCCC12)CC1CC1. The second kappa shape index (κ2) is 5.05. The molecule has 2 saturated heterocycles. The zero-order chi connectivity index (χ0) is 10.8. The summed E-state index contributed by atoms with van der Waals surface area (Å²) in [7, 11) is 0. The lowest BCUT2D eigenvalue weighted by molar-refractivity contribution is 0.180. The smallest absolute Gasteiger partial charge is 0.0249 e. The molecule has 1 N–H and O–H groups in total. The summed E-state index contributed by atoms with van der Waals surface area (Å²) < 4.78 is 0. The molecule has 2 nitrogen and oxygen atoms in total. The van der Waals surface area contributed by atoms with Gasteiger partial charge in [0.05, 0.1) is 0 Å². The van der Waals surface area contributed by atoms with E-state index in [9.17, 15) is 0 Å². The standard InChI is InChI=1S/C14H26N2/c1-2-10-16-11-8-13(14(16)5-1)15-9-3-4-12-6-7-12/h12-15H,1-11H2. The Morgan fingerprint density at radius 1 is 1.00 bits per heavy atom. The Labute approximate surface area is 99.8 Å². The average Bonchev–Trinajstić information content (AvgIpc) is 3.05. The van der Waals surface area contributed by atoms with E-state index in [0.717, 1.165) is 18.0 Å². The van der Waals surface area contributed by atoms with Crippen molar-refractivity contribution in [3.05, 3.63) is 0 Å². The van der Waals surface area contributed by atoms with E-state index in [1.165, 1.54) is 71.0 Å². The Kier molecular flexibility index (Phi) is 3.49. The summed E-state index contributed by atoms with van der Waals surface area (Å²) in [6.45, 7) is 3.99. The second-order valence-corrected chi connectivity index (χ2v) is 6.03. The molecule has 1 saturated carbocycles. The lowest BCUT2D eigenvalue weighted by Crippen LogP contribution is -2.45. The first-order valence-corrected chi connectivity index (χ1v) is 7.41. The fraction of sp³-hybridized carbons (Fsp3) is 1.00. The van der Waals surface area contributed by atoms with Crippen molar-refractivity contribution in [3.8, 4) is 0 Å². The van der Waals surface area contributed by atoms with Crippen molar-refractivity contribution in [2.24, 2.45) is 5.92 Å². The highest BCUT2D eigenvalue weighted by Gasteiger charge is 2.34.